The van der Waals surface area contributed by atoms with Crippen LogP contribution in [0.2, 0.25) is 0 Å². The second kappa shape index (κ2) is 6.44. The summed E-state index contributed by atoms with van der Waals surface area (Å²) in [6.07, 6.45) is 1.80. The molecule has 1 unspecified atom stereocenters. The Morgan fingerprint density at radius 3 is 3.00 bits per heavy atom. The van der Waals surface area contributed by atoms with Gasteiger partial charge in [0.1, 0.15) is 10.8 Å². The summed E-state index contributed by atoms with van der Waals surface area (Å²) in [4.78, 5) is 19.2. The van der Waals surface area contributed by atoms with E-state index in [0.717, 1.165) is 33.6 Å². The van der Waals surface area contributed by atoms with E-state index in [0.29, 0.717) is 6.54 Å². The first-order valence-electron chi connectivity index (χ1n) is 8.31. The number of carbonyl (C=O) groups excluding carboxylic acids is 1. The van der Waals surface area contributed by atoms with E-state index in [1.165, 1.54) is 6.07 Å². The molecule has 0 aliphatic carbocycles. The van der Waals surface area contributed by atoms with Crippen molar-refractivity contribution in [1.29, 1.82) is 0 Å². The third-order valence-electron chi connectivity index (χ3n) is 4.47. The Labute approximate surface area is 149 Å². The molecule has 2 heterocycles. The normalized spacial score (nSPS) is 17.2. The summed E-state index contributed by atoms with van der Waals surface area (Å²) in [5.41, 5.74) is 2.08. The lowest BCUT2D eigenvalue weighted by Crippen LogP contribution is -2.34. The molecule has 1 atom stereocenters. The highest BCUT2D eigenvalue weighted by atomic mass is 32.1. The molecule has 1 fully saturated rings. The number of aromatic nitrogens is 1. The number of nitrogens with one attached hydrogen (secondary N) is 1. The van der Waals surface area contributed by atoms with E-state index < -0.39 is 5.82 Å². The van der Waals surface area contributed by atoms with Crippen molar-refractivity contribution in [3.63, 3.8) is 0 Å². The third-order valence-corrected chi connectivity index (χ3v) is 5.61. The van der Waals surface area contributed by atoms with Crippen LogP contribution in [0.5, 0.6) is 0 Å². The summed E-state index contributed by atoms with van der Waals surface area (Å²) in [6, 6.07) is 12.4. The van der Waals surface area contributed by atoms with E-state index in [4.69, 9.17) is 0 Å². The summed E-state index contributed by atoms with van der Waals surface area (Å²) >= 11 is 1.62. The average Bonchev–Trinajstić information content (AvgIpc) is 3.24. The molecule has 25 heavy (non-hydrogen) atoms. The number of benzene rings is 2. The fraction of sp³-hybridized carbons (Fsp3) is 0.263. The van der Waals surface area contributed by atoms with Crippen LogP contribution >= 0.6 is 11.3 Å². The molecule has 4 nitrogen and oxygen atoms in total. The summed E-state index contributed by atoms with van der Waals surface area (Å²) in [6.45, 7) is 2.52. The number of hydrogen-bond donors (Lipinski definition) is 1. The number of aryl methyl sites for hydroxylation is 1. The number of thiazole rings is 1. The topological polar surface area (TPSA) is 45.2 Å². The molecule has 1 N–H and O–H groups in total. The van der Waals surface area contributed by atoms with Crippen LogP contribution in [0.4, 0.5) is 14.9 Å². The van der Waals surface area contributed by atoms with Gasteiger partial charge in [-0.05, 0) is 49.6 Å². The van der Waals surface area contributed by atoms with Gasteiger partial charge in [0, 0.05) is 6.54 Å². The molecule has 1 saturated heterocycles. The highest BCUT2D eigenvalue weighted by molar-refractivity contribution is 7.18. The number of halogens is 1. The Morgan fingerprint density at radius 2 is 2.16 bits per heavy atom. The van der Waals surface area contributed by atoms with Crippen molar-refractivity contribution in [3.05, 3.63) is 58.9 Å². The quantitative estimate of drug-likeness (QED) is 0.694. The van der Waals surface area contributed by atoms with Crippen molar-refractivity contribution in [1.82, 2.24) is 9.88 Å². The molecular weight excluding hydrogens is 337 g/mol. The van der Waals surface area contributed by atoms with Crippen LogP contribution in [0, 0.1) is 12.7 Å². The summed E-state index contributed by atoms with van der Waals surface area (Å²) < 4.78 is 15.1. The van der Waals surface area contributed by atoms with Crippen molar-refractivity contribution in [3.8, 4) is 0 Å². The maximum absolute atomic E-state index is 13.9. The molecule has 0 radical (unpaired) electrons. The number of para-hydroxylation sites is 1. The first-order chi connectivity index (χ1) is 12.1. The zero-order valence-corrected chi connectivity index (χ0v) is 14.6. The van der Waals surface area contributed by atoms with E-state index in [1.54, 1.807) is 28.4 Å². The van der Waals surface area contributed by atoms with E-state index in [-0.39, 0.29) is 17.8 Å². The van der Waals surface area contributed by atoms with Gasteiger partial charge in [0.2, 0.25) is 0 Å². The number of rotatable bonds is 2. The minimum atomic E-state index is -0.422. The number of hydrogen-bond acceptors (Lipinski definition) is 3. The second-order valence-electron chi connectivity index (χ2n) is 6.28. The Balaban J connectivity index is 1.58. The maximum atomic E-state index is 13.9. The van der Waals surface area contributed by atoms with Crippen LogP contribution in [0.15, 0.2) is 42.5 Å². The van der Waals surface area contributed by atoms with Crippen LogP contribution in [0.25, 0.3) is 10.2 Å². The molecular formula is C19H18FN3OS. The lowest BCUT2D eigenvalue weighted by Gasteiger charge is -2.23. The highest BCUT2D eigenvalue weighted by Crippen LogP contribution is 2.36. The molecule has 1 aromatic heterocycles. The van der Waals surface area contributed by atoms with Gasteiger partial charge in [-0.25, -0.2) is 14.2 Å². The van der Waals surface area contributed by atoms with Gasteiger partial charge >= 0.3 is 6.03 Å². The van der Waals surface area contributed by atoms with Crippen molar-refractivity contribution < 1.29 is 9.18 Å². The average molecular weight is 355 g/mol. The van der Waals surface area contributed by atoms with Gasteiger partial charge in [-0.1, -0.05) is 18.2 Å². The van der Waals surface area contributed by atoms with E-state index in [1.807, 2.05) is 31.2 Å². The van der Waals surface area contributed by atoms with Gasteiger partial charge in [-0.3, -0.25) is 0 Å². The Kier molecular flexibility index (Phi) is 4.13. The molecule has 4 rings (SSSR count). The fourth-order valence-electron chi connectivity index (χ4n) is 3.22. The highest BCUT2D eigenvalue weighted by Gasteiger charge is 2.32. The lowest BCUT2D eigenvalue weighted by molar-refractivity contribution is 0.207. The molecule has 0 bridgehead atoms. The fourth-order valence-corrected chi connectivity index (χ4v) is 4.34. The molecule has 1 aliphatic rings. The number of likely N-dealkylation sites (tertiary alicyclic amines) is 1. The zero-order chi connectivity index (χ0) is 17.4. The van der Waals surface area contributed by atoms with Crippen LogP contribution in [0.3, 0.4) is 0 Å². The number of nitrogens with zero attached hydrogens (tertiary/aromatic N) is 2. The predicted molar refractivity (Wildman–Crippen MR) is 98.5 cm³/mol. The van der Waals surface area contributed by atoms with E-state index in [2.05, 4.69) is 10.3 Å². The third kappa shape index (κ3) is 3.09. The largest absolute Gasteiger partial charge is 0.322 e. The van der Waals surface area contributed by atoms with E-state index in [9.17, 15) is 9.18 Å². The summed E-state index contributed by atoms with van der Waals surface area (Å²) in [5, 5.41) is 3.66. The summed E-state index contributed by atoms with van der Waals surface area (Å²) in [5.74, 6) is -0.422. The molecule has 0 saturated carbocycles. The van der Waals surface area contributed by atoms with Crippen LogP contribution in [-0.4, -0.2) is 22.5 Å². The molecule has 1 aliphatic heterocycles. The number of carbonyl (C=O) groups is 1. The molecule has 2 aromatic carbocycles. The first kappa shape index (κ1) is 16.0. The predicted octanol–water partition coefficient (Wildman–Crippen LogP) is 5.11. The Morgan fingerprint density at radius 1 is 1.32 bits per heavy atom. The number of fused-ring (bicyclic) bond motifs is 1. The monoisotopic (exact) mass is 355 g/mol. The van der Waals surface area contributed by atoms with Crippen molar-refractivity contribution >= 4 is 33.3 Å². The minimum absolute atomic E-state index is 0.0507. The smallest absolute Gasteiger partial charge is 0.315 e. The SMILES string of the molecule is Cc1ccc(F)c(NC(=O)N2CCCC2c2nc3ccccc3s2)c1. The zero-order valence-electron chi connectivity index (χ0n) is 13.8. The molecule has 0 spiro atoms. The number of urea groups is 1. The molecule has 3 aromatic rings. The first-order valence-corrected chi connectivity index (χ1v) is 9.13. The van der Waals surface area contributed by atoms with Gasteiger partial charge in [0.05, 0.1) is 21.9 Å². The Bertz CT molecular complexity index is 906. The van der Waals surface area contributed by atoms with Gasteiger partial charge in [0.15, 0.2) is 0 Å². The standard InChI is InChI=1S/C19H18FN3OS/c1-12-8-9-13(20)15(11-12)22-19(24)23-10-4-6-16(23)18-21-14-5-2-3-7-17(14)25-18/h2-3,5,7-9,11,16H,4,6,10H2,1H3,(H,22,24). The lowest BCUT2D eigenvalue weighted by atomic mass is 10.2. The van der Waals surface area contributed by atoms with Crippen molar-refractivity contribution in [2.75, 3.05) is 11.9 Å². The van der Waals surface area contributed by atoms with Crippen molar-refractivity contribution in [2.24, 2.45) is 0 Å². The van der Waals surface area contributed by atoms with Gasteiger partial charge in [0.25, 0.3) is 0 Å². The Hall–Kier alpha value is -2.47. The molecule has 2 amide bonds. The van der Waals surface area contributed by atoms with Gasteiger partial charge < -0.3 is 10.2 Å². The van der Waals surface area contributed by atoms with Crippen LogP contribution in [0.1, 0.15) is 29.5 Å². The van der Waals surface area contributed by atoms with Gasteiger partial charge in [-0.2, -0.15) is 0 Å². The van der Waals surface area contributed by atoms with Crippen LogP contribution in [-0.2, 0) is 0 Å². The number of anilines is 1. The van der Waals surface area contributed by atoms with Crippen LogP contribution < -0.4 is 5.32 Å². The van der Waals surface area contributed by atoms with E-state index >= 15 is 0 Å². The van der Waals surface area contributed by atoms with Gasteiger partial charge in [-0.15, -0.1) is 11.3 Å². The van der Waals surface area contributed by atoms with Crippen molar-refractivity contribution in [2.45, 2.75) is 25.8 Å². The molecule has 128 valence electrons. The maximum Gasteiger partial charge on any atom is 0.322 e. The second-order valence-corrected chi connectivity index (χ2v) is 7.35. The molecule has 6 heteroatoms. The minimum Gasteiger partial charge on any atom is -0.315 e. The number of amides is 2. The summed E-state index contributed by atoms with van der Waals surface area (Å²) in [7, 11) is 0.